The Hall–Kier alpha value is -1.11. The van der Waals surface area contributed by atoms with Gasteiger partial charge in [0.2, 0.25) is 10.0 Å². The van der Waals surface area contributed by atoms with Crippen molar-refractivity contribution in [3.8, 4) is 0 Å². The van der Waals surface area contributed by atoms with Crippen molar-refractivity contribution in [1.29, 1.82) is 0 Å². The molecule has 5 nitrogen and oxygen atoms in total. The van der Waals surface area contributed by atoms with Gasteiger partial charge in [-0.1, -0.05) is 0 Å². The van der Waals surface area contributed by atoms with Crippen LogP contribution in [0.2, 0.25) is 0 Å². The van der Waals surface area contributed by atoms with Crippen LogP contribution in [0.4, 0.5) is 5.69 Å². The topological polar surface area (TPSA) is 58.6 Å². The molecule has 0 spiro atoms. The van der Waals surface area contributed by atoms with E-state index < -0.39 is 10.0 Å². The van der Waals surface area contributed by atoms with Gasteiger partial charge in [0.25, 0.3) is 0 Å². The van der Waals surface area contributed by atoms with Gasteiger partial charge in [0, 0.05) is 26.4 Å². The monoisotopic (exact) mass is 310 g/mol. The summed E-state index contributed by atoms with van der Waals surface area (Å²) in [6, 6.07) is 7.31. The Bertz CT molecular complexity index is 594. The van der Waals surface area contributed by atoms with Crippen molar-refractivity contribution in [2.75, 3.05) is 26.0 Å². The van der Waals surface area contributed by atoms with Crippen molar-refractivity contribution >= 4 is 15.7 Å². The van der Waals surface area contributed by atoms with E-state index in [0.717, 1.165) is 18.7 Å². The van der Waals surface area contributed by atoms with Crippen LogP contribution in [0.25, 0.3) is 0 Å². The Balaban J connectivity index is 1.70. The summed E-state index contributed by atoms with van der Waals surface area (Å²) in [6.07, 6.45) is 3.86. The maximum absolute atomic E-state index is 12.0. The molecule has 0 aromatic heterocycles. The summed E-state index contributed by atoms with van der Waals surface area (Å²) in [5, 5.41) is 3.49. The molecule has 1 aromatic carbocycles. The van der Waals surface area contributed by atoms with Crippen LogP contribution in [0.3, 0.4) is 0 Å². The molecule has 2 fully saturated rings. The molecular weight excluding hydrogens is 288 g/mol. The molecule has 0 amide bonds. The molecule has 2 unspecified atom stereocenters. The molecule has 116 valence electrons. The molecule has 1 saturated carbocycles. The lowest BCUT2D eigenvalue weighted by molar-refractivity contribution is 0.0898. The maximum atomic E-state index is 12.0. The normalized spacial score (nSPS) is 26.2. The standard InChI is InChI=1S/C15H22N2O3S/c1-17(2)21(18,19)13-7-5-12(6-8-13)16-14-9-10-20-15(14)11-3-4-11/h5-8,11,14-16H,3-4,9-10H2,1-2H3. The van der Waals surface area contributed by atoms with E-state index >= 15 is 0 Å². The van der Waals surface area contributed by atoms with Gasteiger partial charge < -0.3 is 10.1 Å². The minimum Gasteiger partial charge on any atom is -0.380 e. The molecule has 1 aromatic rings. The number of benzene rings is 1. The molecule has 1 aliphatic carbocycles. The highest BCUT2D eigenvalue weighted by molar-refractivity contribution is 7.89. The van der Waals surface area contributed by atoms with Crippen LogP contribution in [-0.4, -0.2) is 45.6 Å². The number of sulfonamides is 1. The Morgan fingerprint density at radius 3 is 2.38 bits per heavy atom. The highest BCUT2D eigenvalue weighted by Gasteiger charge is 2.40. The molecule has 2 atom stereocenters. The second-order valence-electron chi connectivity index (χ2n) is 6.02. The van der Waals surface area contributed by atoms with Gasteiger partial charge in [-0.15, -0.1) is 0 Å². The Morgan fingerprint density at radius 2 is 1.81 bits per heavy atom. The van der Waals surface area contributed by atoms with Crippen LogP contribution in [0.15, 0.2) is 29.2 Å². The summed E-state index contributed by atoms with van der Waals surface area (Å²) in [5.41, 5.74) is 0.953. The molecule has 6 heteroatoms. The van der Waals surface area contributed by atoms with E-state index in [1.54, 1.807) is 12.1 Å². The molecule has 0 bridgehead atoms. The fraction of sp³-hybridized carbons (Fsp3) is 0.600. The van der Waals surface area contributed by atoms with Gasteiger partial charge in [-0.3, -0.25) is 0 Å². The first-order chi connectivity index (χ1) is 9.98. The third-order valence-corrected chi connectivity index (χ3v) is 6.04. The number of hydrogen-bond acceptors (Lipinski definition) is 4. The average molecular weight is 310 g/mol. The van der Waals surface area contributed by atoms with Crippen LogP contribution in [0, 0.1) is 5.92 Å². The van der Waals surface area contributed by atoms with Crippen molar-refractivity contribution < 1.29 is 13.2 Å². The molecule has 1 aliphatic heterocycles. The molecule has 1 heterocycles. The minimum atomic E-state index is -3.35. The molecule has 1 N–H and O–H groups in total. The lowest BCUT2D eigenvalue weighted by atomic mass is 10.1. The zero-order valence-electron chi connectivity index (χ0n) is 12.5. The molecule has 1 saturated heterocycles. The Morgan fingerprint density at radius 1 is 1.14 bits per heavy atom. The Kier molecular flexibility index (Phi) is 3.94. The third-order valence-electron chi connectivity index (χ3n) is 4.21. The summed E-state index contributed by atoms with van der Waals surface area (Å²) >= 11 is 0. The molecule has 21 heavy (non-hydrogen) atoms. The maximum Gasteiger partial charge on any atom is 0.242 e. The quantitative estimate of drug-likeness (QED) is 0.902. The number of nitrogens with one attached hydrogen (secondary N) is 1. The smallest absolute Gasteiger partial charge is 0.242 e. The lowest BCUT2D eigenvalue weighted by Gasteiger charge is -2.21. The van der Waals surface area contributed by atoms with E-state index in [1.807, 2.05) is 12.1 Å². The van der Waals surface area contributed by atoms with Crippen molar-refractivity contribution in [3.63, 3.8) is 0 Å². The van der Waals surface area contributed by atoms with Gasteiger partial charge >= 0.3 is 0 Å². The van der Waals surface area contributed by atoms with Gasteiger partial charge in [0.05, 0.1) is 17.0 Å². The van der Waals surface area contributed by atoms with Gasteiger partial charge in [-0.25, -0.2) is 12.7 Å². The first-order valence-electron chi connectivity index (χ1n) is 7.39. The van der Waals surface area contributed by atoms with Crippen LogP contribution < -0.4 is 5.32 Å². The van der Waals surface area contributed by atoms with E-state index in [4.69, 9.17) is 4.74 Å². The summed E-state index contributed by atoms with van der Waals surface area (Å²) in [5.74, 6) is 0.707. The van der Waals surface area contributed by atoms with E-state index in [1.165, 1.54) is 31.2 Å². The predicted octanol–water partition coefficient (Wildman–Crippen LogP) is 1.92. The average Bonchev–Trinajstić information content (AvgIpc) is 3.20. The first-order valence-corrected chi connectivity index (χ1v) is 8.83. The lowest BCUT2D eigenvalue weighted by Crippen LogP contribution is -2.30. The van der Waals surface area contributed by atoms with Crippen molar-refractivity contribution in [1.82, 2.24) is 4.31 Å². The summed E-state index contributed by atoms with van der Waals surface area (Å²) in [6.45, 7) is 0.811. The van der Waals surface area contributed by atoms with E-state index in [-0.39, 0.29) is 0 Å². The predicted molar refractivity (Wildman–Crippen MR) is 81.8 cm³/mol. The van der Waals surface area contributed by atoms with E-state index in [9.17, 15) is 8.42 Å². The Labute approximate surface area is 126 Å². The SMILES string of the molecule is CN(C)S(=O)(=O)c1ccc(NC2CCOC2C2CC2)cc1. The zero-order valence-corrected chi connectivity index (χ0v) is 13.3. The number of rotatable bonds is 5. The van der Waals surface area contributed by atoms with Crippen LogP contribution >= 0.6 is 0 Å². The number of nitrogens with zero attached hydrogens (tertiary/aromatic N) is 1. The fourth-order valence-corrected chi connectivity index (χ4v) is 3.70. The molecule has 3 rings (SSSR count). The largest absolute Gasteiger partial charge is 0.380 e. The summed E-state index contributed by atoms with van der Waals surface area (Å²) in [7, 11) is -0.276. The molecule has 2 aliphatic rings. The van der Waals surface area contributed by atoms with Crippen molar-refractivity contribution in [2.24, 2.45) is 5.92 Å². The zero-order chi connectivity index (χ0) is 15.0. The minimum absolute atomic E-state index is 0.315. The van der Waals surface area contributed by atoms with Gasteiger partial charge in [0.15, 0.2) is 0 Å². The fourth-order valence-electron chi connectivity index (χ4n) is 2.80. The van der Waals surface area contributed by atoms with E-state index in [2.05, 4.69) is 5.32 Å². The van der Waals surface area contributed by atoms with Crippen LogP contribution in [-0.2, 0) is 14.8 Å². The van der Waals surface area contributed by atoms with Crippen LogP contribution in [0.5, 0.6) is 0 Å². The van der Waals surface area contributed by atoms with Crippen molar-refractivity contribution in [2.45, 2.75) is 36.3 Å². The first kappa shape index (κ1) is 14.8. The summed E-state index contributed by atoms with van der Waals surface area (Å²) in [4.78, 5) is 0.319. The van der Waals surface area contributed by atoms with Gasteiger partial charge in [-0.2, -0.15) is 0 Å². The third kappa shape index (κ3) is 3.07. The second-order valence-corrected chi connectivity index (χ2v) is 8.18. The molecular formula is C15H22N2O3S. The molecule has 0 radical (unpaired) electrons. The second kappa shape index (κ2) is 5.59. The van der Waals surface area contributed by atoms with E-state index in [0.29, 0.717) is 23.0 Å². The van der Waals surface area contributed by atoms with Crippen LogP contribution in [0.1, 0.15) is 19.3 Å². The number of hydrogen-bond donors (Lipinski definition) is 1. The highest BCUT2D eigenvalue weighted by Crippen LogP contribution is 2.39. The number of ether oxygens (including phenoxy) is 1. The summed E-state index contributed by atoms with van der Waals surface area (Å²) < 4.78 is 31.1. The van der Waals surface area contributed by atoms with Gasteiger partial charge in [-0.05, 0) is 49.4 Å². The van der Waals surface area contributed by atoms with Crippen molar-refractivity contribution in [3.05, 3.63) is 24.3 Å². The van der Waals surface area contributed by atoms with Gasteiger partial charge in [0.1, 0.15) is 0 Å². The number of anilines is 1. The highest BCUT2D eigenvalue weighted by atomic mass is 32.2.